The van der Waals surface area contributed by atoms with Crippen LogP contribution < -0.4 is 15.4 Å². The fourth-order valence-electron chi connectivity index (χ4n) is 1.71. The Kier molecular flexibility index (Phi) is 8.03. The number of rotatable bonds is 10. The Morgan fingerprint density at radius 3 is 2.73 bits per heavy atom. The highest BCUT2D eigenvalue weighted by Gasteiger charge is 2.13. The van der Waals surface area contributed by atoms with Gasteiger partial charge < -0.3 is 15.4 Å². The predicted octanol–water partition coefficient (Wildman–Crippen LogP) is -0.163. The first-order chi connectivity index (χ1) is 10.5. The monoisotopic (exact) mass is 329 g/mol. The molecule has 0 atom stereocenters. The van der Waals surface area contributed by atoms with E-state index < -0.39 is 10.0 Å². The van der Waals surface area contributed by atoms with Crippen LogP contribution in [0.15, 0.2) is 29.2 Å². The Bertz CT molecular complexity index is 575. The zero-order valence-corrected chi connectivity index (χ0v) is 13.7. The Morgan fingerprint density at radius 2 is 2.05 bits per heavy atom. The number of hydrogen-bond donors (Lipinski definition) is 3. The Balaban J connectivity index is 2.63. The van der Waals surface area contributed by atoms with Crippen LogP contribution in [0, 0.1) is 0 Å². The van der Waals surface area contributed by atoms with E-state index in [2.05, 4.69) is 15.4 Å². The number of amides is 1. The van der Waals surface area contributed by atoms with E-state index in [1.165, 1.54) is 13.2 Å². The van der Waals surface area contributed by atoms with Crippen molar-refractivity contribution in [3.05, 3.63) is 29.8 Å². The molecule has 124 valence electrons. The molecule has 0 fully saturated rings. The number of ether oxygens (including phenoxy) is 1. The van der Waals surface area contributed by atoms with Gasteiger partial charge in [0, 0.05) is 33.2 Å². The summed E-state index contributed by atoms with van der Waals surface area (Å²) in [4.78, 5) is 11.7. The highest BCUT2D eigenvalue weighted by atomic mass is 32.2. The van der Waals surface area contributed by atoms with E-state index >= 15 is 0 Å². The molecule has 0 aliphatic carbocycles. The van der Waals surface area contributed by atoms with Crippen LogP contribution in [0.1, 0.15) is 12.0 Å². The first-order valence-corrected chi connectivity index (χ1v) is 8.46. The summed E-state index contributed by atoms with van der Waals surface area (Å²) < 4.78 is 31.4. The molecule has 1 aromatic rings. The highest BCUT2D eigenvalue weighted by Crippen LogP contribution is 2.11. The summed E-state index contributed by atoms with van der Waals surface area (Å²) in [5.74, 6) is -0.0826. The first-order valence-electron chi connectivity index (χ1n) is 6.98. The highest BCUT2D eigenvalue weighted by molar-refractivity contribution is 7.89. The van der Waals surface area contributed by atoms with Crippen molar-refractivity contribution in [1.29, 1.82) is 0 Å². The molecule has 0 saturated carbocycles. The summed E-state index contributed by atoms with van der Waals surface area (Å²) in [6.07, 6.45) is 0.382. The number of methoxy groups -OCH3 is 1. The largest absolute Gasteiger partial charge is 0.383 e. The van der Waals surface area contributed by atoms with Crippen LogP contribution in [0.4, 0.5) is 0 Å². The van der Waals surface area contributed by atoms with Crippen molar-refractivity contribution < 1.29 is 17.9 Å². The molecular formula is C14H23N3O4S. The van der Waals surface area contributed by atoms with Gasteiger partial charge in [-0.25, -0.2) is 13.1 Å². The fraction of sp³-hybridized carbons (Fsp3) is 0.500. The van der Waals surface area contributed by atoms with Crippen molar-refractivity contribution in [2.45, 2.75) is 17.9 Å². The number of carbonyl (C=O) groups is 1. The van der Waals surface area contributed by atoms with Crippen molar-refractivity contribution in [3.63, 3.8) is 0 Å². The Hall–Kier alpha value is -1.48. The summed E-state index contributed by atoms with van der Waals surface area (Å²) in [5, 5.41) is 5.64. The van der Waals surface area contributed by atoms with E-state index in [0.717, 1.165) is 5.56 Å². The number of hydrogen-bond acceptors (Lipinski definition) is 5. The molecule has 0 spiro atoms. The molecule has 0 heterocycles. The van der Waals surface area contributed by atoms with Crippen LogP contribution in [0.5, 0.6) is 0 Å². The van der Waals surface area contributed by atoms with Gasteiger partial charge in [0.15, 0.2) is 0 Å². The first kappa shape index (κ1) is 18.6. The van der Waals surface area contributed by atoms with Crippen molar-refractivity contribution in [2.24, 2.45) is 0 Å². The molecule has 0 aromatic heterocycles. The van der Waals surface area contributed by atoms with Gasteiger partial charge in [0.2, 0.25) is 15.9 Å². The maximum atomic E-state index is 12.1. The molecule has 0 aliphatic heterocycles. The normalized spacial score (nSPS) is 11.4. The Morgan fingerprint density at radius 1 is 1.27 bits per heavy atom. The van der Waals surface area contributed by atoms with Gasteiger partial charge in [-0.1, -0.05) is 12.1 Å². The molecule has 7 nitrogen and oxygen atoms in total. The lowest BCUT2D eigenvalue weighted by Gasteiger charge is -2.09. The summed E-state index contributed by atoms with van der Waals surface area (Å²) in [7, 11) is -0.279. The lowest BCUT2D eigenvalue weighted by atomic mass is 10.2. The molecule has 3 N–H and O–H groups in total. The van der Waals surface area contributed by atoms with E-state index in [4.69, 9.17) is 4.74 Å². The van der Waals surface area contributed by atoms with Crippen molar-refractivity contribution in [2.75, 3.05) is 33.9 Å². The molecule has 0 unspecified atom stereocenters. The molecule has 1 amide bonds. The third-order valence-corrected chi connectivity index (χ3v) is 4.36. The average Bonchev–Trinajstić information content (AvgIpc) is 2.51. The van der Waals surface area contributed by atoms with Crippen LogP contribution in [-0.2, 0) is 26.1 Å². The van der Waals surface area contributed by atoms with E-state index in [-0.39, 0.29) is 17.3 Å². The van der Waals surface area contributed by atoms with Crippen molar-refractivity contribution >= 4 is 15.9 Å². The van der Waals surface area contributed by atoms with Crippen molar-refractivity contribution in [3.8, 4) is 0 Å². The fourth-order valence-corrected chi connectivity index (χ4v) is 2.79. The van der Waals surface area contributed by atoms with E-state index in [1.54, 1.807) is 25.2 Å². The van der Waals surface area contributed by atoms with E-state index in [1.807, 2.05) is 0 Å². The van der Waals surface area contributed by atoms with Gasteiger partial charge >= 0.3 is 0 Å². The number of nitrogens with one attached hydrogen (secondary N) is 3. The molecule has 22 heavy (non-hydrogen) atoms. The molecule has 0 radical (unpaired) electrons. The maximum Gasteiger partial charge on any atom is 0.240 e. The van der Waals surface area contributed by atoms with Gasteiger partial charge in [-0.15, -0.1) is 0 Å². The number of carbonyl (C=O) groups excluding carboxylic acids is 1. The summed E-state index contributed by atoms with van der Waals surface area (Å²) in [5.41, 5.74) is 0.729. The summed E-state index contributed by atoms with van der Waals surface area (Å²) >= 11 is 0. The van der Waals surface area contributed by atoms with Gasteiger partial charge in [-0.2, -0.15) is 0 Å². The zero-order valence-electron chi connectivity index (χ0n) is 12.9. The average molecular weight is 329 g/mol. The second kappa shape index (κ2) is 9.52. The van der Waals surface area contributed by atoms with E-state index in [9.17, 15) is 13.2 Å². The molecule has 1 rings (SSSR count). The second-order valence-corrected chi connectivity index (χ2v) is 6.44. The van der Waals surface area contributed by atoms with Gasteiger partial charge in [0.1, 0.15) is 0 Å². The lowest BCUT2D eigenvalue weighted by Crippen LogP contribution is -2.28. The van der Waals surface area contributed by atoms with Crippen LogP contribution in [-0.4, -0.2) is 48.2 Å². The Labute approximate surface area is 131 Å². The maximum absolute atomic E-state index is 12.1. The third kappa shape index (κ3) is 6.52. The minimum atomic E-state index is -3.56. The predicted molar refractivity (Wildman–Crippen MR) is 83.9 cm³/mol. The topological polar surface area (TPSA) is 96.5 Å². The smallest absolute Gasteiger partial charge is 0.240 e. The second-order valence-electron chi connectivity index (χ2n) is 4.67. The summed E-state index contributed by atoms with van der Waals surface area (Å²) in [6.45, 7) is 1.41. The lowest BCUT2D eigenvalue weighted by molar-refractivity contribution is -0.121. The minimum Gasteiger partial charge on any atom is -0.383 e. The molecular weight excluding hydrogens is 306 g/mol. The van der Waals surface area contributed by atoms with E-state index in [0.29, 0.717) is 26.1 Å². The molecule has 1 aromatic carbocycles. The van der Waals surface area contributed by atoms with Crippen LogP contribution in [0.3, 0.4) is 0 Å². The minimum absolute atomic E-state index is 0.0826. The van der Waals surface area contributed by atoms with Gasteiger partial charge in [0.25, 0.3) is 0 Å². The van der Waals surface area contributed by atoms with Crippen molar-refractivity contribution in [1.82, 2.24) is 15.4 Å². The molecule has 0 aliphatic rings. The zero-order chi connectivity index (χ0) is 16.4. The molecule has 8 heteroatoms. The van der Waals surface area contributed by atoms with Crippen LogP contribution in [0.25, 0.3) is 0 Å². The van der Waals surface area contributed by atoms with Gasteiger partial charge in [-0.05, 0) is 24.7 Å². The third-order valence-electron chi connectivity index (χ3n) is 2.90. The number of benzene rings is 1. The van der Waals surface area contributed by atoms with Gasteiger partial charge in [0.05, 0.1) is 11.5 Å². The van der Waals surface area contributed by atoms with Crippen LogP contribution in [0.2, 0.25) is 0 Å². The van der Waals surface area contributed by atoms with Gasteiger partial charge in [-0.3, -0.25) is 4.79 Å². The SMILES string of the molecule is CNCCC(=O)NCc1cccc(S(=O)(=O)NCCOC)c1. The summed E-state index contributed by atoms with van der Waals surface area (Å²) in [6, 6.07) is 6.49. The quantitative estimate of drug-likeness (QED) is 0.518. The number of sulfonamides is 1. The standard InChI is InChI=1S/C14H23N3O4S/c1-15-7-6-14(18)16-11-12-4-3-5-13(10-12)22(19,20)17-8-9-21-2/h3-5,10,15,17H,6-9,11H2,1-2H3,(H,16,18). The molecule has 0 bridgehead atoms. The van der Waals surface area contributed by atoms with Crippen LogP contribution >= 0.6 is 0 Å². The molecule has 0 saturated heterocycles.